The second-order valence-corrected chi connectivity index (χ2v) is 4.74. The highest BCUT2D eigenvalue weighted by Gasteiger charge is 2.18. The first-order chi connectivity index (χ1) is 8.82. The fourth-order valence-corrected chi connectivity index (χ4v) is 1.69. The molecule has 0 heterocycles. The molecule has 0 aromatic heterocycles. The number of carbonyl (C=O) groups excluding carboxylic acids is 1. The first-order valence-corrected chi connectivity index (χ1v) is 5.98. The van der Waals surface area contributed by atoms with Gasteiger partial charge in [0.25, 0.3) is 5.69 Å². The number of hydrogen-bond acceptors (Lipinski definition) is 5. The molecule has 0 saturated heterocycles. The summed E-state index contributed by atoms with van der Waals surface area (Å²) in [6.45, 7) is 2.93. The number of rotatable bonds is 6. The van der Waals surface area contributed by atoms with Gasteiger partial charge in [-0.2, -0.15) is 0 Å². The summed E-state index contributed by atoms with van der Waals surface area (Å²) in [5.41, 5.74) is 0.745. The molecule has 0 bridgehead atoms. The van der Waals surface area contributed by atoms with Crippen LogP contribution in [0, 0.1) is 10.1 Å². The van der Waals surface area contributed by atoms with E-state index in [1.165, 1.54) is 19.1 Å². The predicted molar refractivity (Wildman–Crippen MR) is 74.9 cm³/mol. The number of carbonyl (C=O) groups is 1. The molecule has 1 aromatic carbocycles. The third kappa shape index (κ3) is 4.03. The molecule has 0 aliphatic carbocycles. The molecule has 0 unspecified atom stereocenters. The van der Waals surface area contributed by atoms with Crippen molar-refractivity contribution in [2.75, 3.05) is 39.1 Å². The number of anilines is 1. The highest BCUT2D eigenvalue weighted by Crippen LogP contribution is 2.25. The Bertz CT molecular complexity index is 486. The summed E-state index contributed by atoms with van der Waals surface area (Å²) < 4.78 is 0. The largest absolute Gasteiger partial charge is 0.373 e. The molecule has 0 N–H and O–H groups in total. The average molecular weight is 265 g/mol. The summed E-state index contributed by atoms with van der Waals surface area (Å²) in [4.78, 5) is 25.8. The number of nitro groups is 1. The Morgan fingerprint density at radius 3 is 2.37 bits per heavy atom. The van der Waals surface area contributed by atoms with Crippen molar-refractivity contribution in [1.29, 1.82) is 0 Å². The van der Waals surface area contributed by atoms with Crippen LogP contribution >= 0.6 is 0 Å². The molecule has 1 rings (SSSR count). The first kappa shape index (κ1) is 15.1. The molecule has 0 aliphatic heterocycles. The third-order valence-corrected chi connectivity index (χ3v) is 2.88. The lowest BCUT2D eigenvalue weighted by Crippen LogP contribution is -2.28. The van der Waals surface area contributed by atoms with Crippen molar-refractivity contribution in [2.24, 2.45) is 0 Å². The summed E-state index contributed by atoms with van der Waals surface area (Å²) in [7, 11) is 5.81. The van der Waals surface area contributed by atoms with E-state index in [0.29, 0.717) is 0 Å². The topological polar surface area (TPSA) is 66.7 Å². The lowest BCUT2D eigenvalue weighted by atomic mass is 10.1. The molecular weight excluding hydrogens is 246 g/mol. The number of benzene rings is 1. The van der Waals surface area contributed by atoms with Crippen LogP contribution in [0.4, 0.5) is 11.4 Å². The van der Waals surface area contributed by atoms with E-state index in [1.807, 2.05) is 30.9 Å². The van der Waals surface area contributed by atoms with Gasteiger partial charge >= 0.3 is 0 Å². The second kappa shape index (κ2) is 6.29. The van der Waals surface area contributed by atoms with Crippen molar-refractivity contribution >= 4 is 17.2 Å². The average Bonchev–Trinajstić information content (AvgIpc) is 2.34. The zero-order chi connectivity index (χ0) is 14.6. The molecule has 1 aromatic rings. The fraction of sp³-hybridized carbons (Fsp3) is 0.462. The van der Waals surface area contributed by atoms with Crippen molar-refractivity contribution in [2.45, 2.75) is 6.92 Å². The van der Waals surface area contributed by atoms with Crippen molar-refractivity contribution in [3.8, 4) is 0 Å². The van der Waals surface area contributed by atoms with Gasteiger partial charge < -0.3 is 9.80 Å². The van der Waals surface area contributed by atoms with Crippen molar-refractivity contribution in [3.05, 3.63) is 33.9 Å². The van der Waals surface area contributed by atoms with E-state index in [-0.39, 0.29) is 17.0 Å². The Labute approximate surface area is 112 Å². The molecule has 19 heavy (non-hydrogen) atoms. The minimum absolute atomic E-state index is 0.137. The molecule has 6 heteroatoms. The maximum absolute atomic E-state index is 11.3. The Morgan fingerprint density at radius 2 is 1.89 bits per heavy atom. The molecule has 0 saturated carbocycles. The van der Waals surface area contributed by atoms with Gasteiger partial charge in [0.05, 0.1) is 10.5 Å². The zero-order valence-electron chi connectivity index (χ0n) is 11.7. The molecular formula is C13H19N3O3. The van der Waals surface area contributed by atoms with Crippen LogP contribution in [-0.4, -0.2) is 49.8 Å². The highest BCUT2D eigenvalue weighted by molar-refractivity contribution is 5.98. The van der Waals surface area contributed by atoms with Gasteiger partial charge in [-0.25, -0.2) is 0 Å². The van der Waals surface area contributed by atoms with Crippen molar-refractivity contribution in [1.82, 2.24) is 4.90 Å². The van der Waals surface area contributed by atoms with E-state index in [0.717, 1.165) is 18.8 Å². The van der Waals surface area contributed by atoms with Crippen molar-refractivity contribution < 1.29 is 9.72 Å². The minimum atomic E-state index is -0.514. The standard InChI is InChI=1S/C13H19N3O3/c1-10(17)12-6-5-11(9-13(12)16(18)19)15(4)8-7-14(2)3/h5-6,9H,7-8H2,1-4H3. The number of hydrogen-bond donors (Lipinski definition) is 0. The molecule has 0 spiro atoms. The Morgan fingerprint density at radius 1 is 1.26 bits per heavy atom. The Kier molecular flexibility index (Phi) is 5.00. The fourth-order valence-electron chi connectivity index (χ4n) is 1.69. The van der Waals surface area contributed by atoms with Crippen LogP contribution in [0.25, 0.3) is 0 Å². The van der Waals surface area contributed by atoms with Crippen LogP contribution in [0.3, 0.4) is 0 Å². The smallest absolute Gasteiger partial charge is 0.282 e. The van der Waals surface area contributed by atoms with Gasteiger partial charge in [-0.05, 0) is 33.2 Å². The van der Waals surface area contributed by atoms with Gasteiger partial charge in [-0.15, -0.1) is 0 Å². The van der Waals surface area contributed by atoms with E-state index in [9.17, 15) is 14.9 Å². The number of ketones is 1. The van der Waals surface area contributed by atoms with E-state index < -0.39 is 4.92 Å². The summed E-state index contributed by atoms with van der Waals surface area (Å²) >= 11 is 0. The maximum Gasteiger partial charge on any atom is 0.282 e. The molecule has 6 nitrogen and oxygen atoms in total. The monoisotopic (exact) mass is 265 g/mol. The van der Waals surface area contributed by atoms with E-state index >= 15 is 0 Å². The van der Waals surface area contributed by atoms with Gasteiger partial charge in [-0.1, -0.05) is 0 Å². The van der Waals surface area contributed by atoms with Crippen LogP contribution in [0.15, 0.2) is 18.2 Å². The van der Waals surface area contributed by atoms with Crippen LogP contribution in [0.1, 0.15) is 17.3 Å². The quantitative estimate of drug-likeness (QED) is 0.445. The van der Waals surface area contributed by atoms with Crippen LogP contribution in [0.5, 0.6) is 0 Å². The second-order valence-electron chi connectivity index (χ2n) is 4.74. The normalized spacial score (nSPS) is 10.6. The zero-order valence-corrected chi connectivity index (χ0v) is 11.7. The molecule has 104 valence electrons. The number of likely N-dealkylation sites (N-methyl/N-ethyl adjacent to an activating group) is 2. The van der Waals surface area contributed by atoms with E-state index in [1.54, 1.807) is 6.07 Å². The molecule has 0 amide bonds. The maximum atomic E-state index is 11.3. The molecule has 0 atom stereocenters. The highest BCUT2D eigenvalue weighted by atomic mass is 16.6. The summed E-state index contributed by atoms with van der Waals surface area (Å²) in [5.74, 6) is -0.297. The molecule has 0 aliphatic rings. The number of nitro benzene ring substituents is 1. The summed E-state index contributed by atoms with van der Waals surface area (Å²) in [5, 5.41) is 11.0. The SMILES string of the molecule is CC(=O)c1ccc(N(C)CCN(C)C)cc1[N+](=O)[O-]. The van der Waals surface area contributed by atoms with Gasteiger partial charge in [0.1, 0.15) is 0 Å². The van der Waals surface area contributed by atoms with E-state index in [4.69, 9.17) is 0 Å². The number of Topliss-reactive ketones (excluding diaryl/α,β-unsaturated/α-hetero) is 1. The van der Waals surface area contributed by atoms with Crippen LogP contribution in [-0.2, 0) is 0 Å². The van der Waals surface area contributed by atoms with Gasteiger partial charge in [0.15, 0.2) is 5.78 Å². The van der Waals surface area contributed by atoms with E-state index in [2.05, 4.69) is 0 Å². The Hall–Kier alpha value is -1.95. The molecule has 0 radical (unpaired) electrons. The first-order valence-electron chi connectivity index (χ1n) is 5.98. The summed E-state index contributed by atoms with van der Waals surface area (Å²) in [6, 6.07) is 4.70. The molecule has 0 fully saturated rings. The lowest BCUT2D eigenvalue weighted by Gasteiger charge is -2.21. The van der Waals surface area contributed by atoms with Crippen LogP contribution in [0.2, 0.25) is 0 Å². The predicted octanol–water partition coefficient (Wildman–Crippen LogP) is 1.80. The number of nitrogens with zero attached hydrogens (tertiary/aromatic N) is 3. The van der Waals surface area contributed by atoms with Gasteiger partial charge in [0, 0.05) is 31.9 Å². The van der Waals surface area contributed by atoms with Crippen molar-refractivity contribution in [3.63, 3.8) is 0 Å². The Balaban J connectivity index is 3.01. The minimum Gasteiger partial charge on any atom is -0.373 e. The van der Waals surface area contributed by atoms with Gasteiger partial charge in [-0.3, -0.25) is 14.9 Å². The lowest BCUT2D eigenvalue weighted by molar-refractivity contribution is -0.385. The third-order valence-electron chi connectivity index (χ3n) is 2.88. The summed E-state index contributed by atoms with van der Waals surface area (Å²) in [6.07, 6.45) is 0. The van der Waals surface area contributed by atoms with Crippen LogP contribution < -0.4 is 4.90 Å². The van der Waals surface area contributed by atoms with Gasteiger partial charge in [0.2, 0.25) is 0 Å².